The minimum absolute atomic E-state index is 0.0812. The molecule has 108 valence electrons. The van der Waals surface area contributed by atoms with Gasteiger partial charge in [-0.2, -0.15) is 0 Å². The van der Waals surface area contributed by atoms with Crippen LogP contribution in [0.4, 0.5) is 5.69 Å². The van der Waals surface area contributed by atoms with E-state index in [0.717, 1.165) is 42.8 Å². The number of ether oxygens (including phenoxy) is 1. The normalized spacial score (nSPS) is 16.4. The van der Waals surface area contributed by atoms with Crippen LogP contribution in [0.2, 0.25) is 0 Å². The van der Waals surface area contributed by atoms with Crippen LogP contribution < -0.4 is 5.32 Å². The summed E-state index contributed by atoms with van der Waals surface area (Å²) in [6.07, 6.45) is 4.34. The molecule has 0 saturated carbocycles. The number of rotatable bonds is 2. The van der Waals surface area contributed by atoms with Crippen LogP contribution in [0, 0.1) is 0 Å². The Morgan fingerprint density at radius 2 is 2.00 bits per heavy atom. The molecule has 0 saturated heterocycles. The van der Waals surface area contributed by atoms with Crippen LogP contribution in [-0.4, -0.2) is 17.5 Å². The van der Waals surface area contributed by atoms with Gasteiger partial charge in [0, 0.05) is 17.8 Å². The van der Waals surface area contributed by atoms with Crippen LogP contribution >= 0.6 is 0 Å². The standard InChI is InChI=1S/C17H18N2O2/c20-17(16-9-13-10-21-7-6-15(13)19-16)18-14-5-4-11-2-1-3-12(11)8-14/h4-5,8-9,19H,1-3,6-7,10H2,(H,18,20). The number of aromatic nitrogens is 1. The molecule has 0 atom stereocenters. The molecule has 1 aliphatic heterocycles. The van der Waals surface area contributed by atoms with E-state index in [-0.39, 0.29) is 5.91 Å². The number of anilines is 1. The minimum Gasteiger partial charge on any atom is -0.376 e. The molecule has 2 heterocycles. The first kappa shape index (κ1) is 12.7. The van der Waals surface area contributed by atoms with Crippen LogP contribution in [-0.2, 0) is 30.6 Å². The summed E-state index contributed by atoms with van der Waals surface area (Å²) in [4.78, 5) is 15.6. The molecule has 0 fully saturated rings. The average molecular weight is 282 g/mol. The third-order valence-electron chi connectivity index (χ3n) is 4.35. The predicted molar refractivity (Wildman–Crippen MR) is 80.6 cm³/mol. The number of nitrogens with one attached hydrogen (secondary N) is 2. The molecule has 4 nitrogen and oxygen atoms in total. The van der Waals surface area contributed by atoms with Gasteiger partial charge in [-0.15, -0.1) is 0 Å². The van der Waals surface area contributed by atoms with E-state index in [4.69, 9.17) is 4.74 Å². The summed E-state index contributed by atoms with van der Waals surface area (Å²) in [5.74, 6) is -0.0812. The SMILES string of the molecule is O=C(Nc1ccc2c(c1)CCC2)c1cc2c([nH]1)CCOC2. The lowest BCUT2D eigenvalue weighted by molar-refractivity contribution is 0.102. The molecule has 1 amide bonds. The first-order chi connectivity index (χ1) is 10.3. The predicted octanol–water partition coefficient (Wildman–Crippen LogP) is 2.83. The Kier molecular flexibility index (Phi) is 3.04. The molecular formula is C17H18N2O2. The van der Waals surface area contributed by atoms with Crippen LogP contribution in [0.3, 0.4) is 0 Å². The monoisotopic (exact) mass is 282 g/mol. The van der Waals surface area contributed by atoms with Crippen molar-refractivity contribution in [2.24, 2.45) is 0 Å². The van der Waals surface area contributed by atoms with Crippen molar-refractivity contribution in [3.05, 3.63) is 52.3 Å². The molecule has 0 unspecified atom stereocenters. The average Bonchev–Trinajstić information content (AvgIpc) is 3.13. The molecule has 2 aliphatic rings. The summed E-state index contributed by atoms with van der Waals surface area (Å²) < 4.78 is 5.41. The van der Waals surface area contributed by atoms with Crippen molar-refractivity contribution < 1.29 is 9.53 Å². The van der Waals surface area contributed by atoms with Crippen molar-refractivity contribution in [3.63, 3.8) is 0 Å². The van der Waals surface area contributed by atoms with Gasteiger partial charge >= 0.3 is 0 Å². The second kappa shape index (κ2) is 5.04. The van der Waals surface area contributed by atoms with Crippen LogP contribution in [0.5, 0.6) is 0 Å². The highest BCUT2D eigenvalue weighted by molar-refractivity contribution is 6.03. The fourth-order valence-corrected chi connectivity index (χ4v) is 3.22. The second-order valence-electron chi connectivity index (χ2n) is 5.78. The Hall–Kier alpha value is -2.07. The maximum atomic E-state index is 12.3. The first-order valence-electron chi connectivity index (χ1n) is 7.51. The Morgan fingerprint density at radius 1 is 1.10 bits per heavy atom. The Labute approximate surface area is 123 Å². The van der Waals surface area contributed by atoms with E-state index in [1.54, 1.807) is 0 Å². The number of hydrogen-bond donors (Lipinski definition) is 2. The molecule has 2 N–H and O–H groups in total. The number of fused-ring (bicyclic) bond motifs is 2. The lowest BCUT2D eigenvalue weighted by Gasteiger charge is -2.10. The van der Waals surface area contributed by atoms with Gasteiger partial charge in [0.25, 0.3) is 5.91 Å². The number of aromatic amines is 1. The van der Waals surface area contributed by atoms with Crippen molar-refractivity contribution in [2.45, 2.75) is 32.3 Å². The summed E-state index contributed by atoms with van der Waals surface area (Å²) in [7, 11) is 0. The molecule has 21 heavy (non-hydrogen) atoms. The highest BCUT2D eigenvalue weighted by Crippen LogP contribution is 2.25. The smallest absolute Gasteiger partial charge is 0.272 e. The van der Waals surface area contributed by atoms with Gasteiger partial charge in [0.1, 0.15) is 5.69 Å². The van der Waals surface area contributed by atoms with E-state index in [9.17, 15) is 4.79 Å². The van der Waals surface area contributed by atoms with E-state index in [0.29, 0.717) is 12.3 Å². The maximum absolute atomic E-state index is 12.3. The number of aryl methyl sites for hydroxylation is 2. The Balaban J connectivity index is 1.54. The Morgan fingerprint density at radius 3 is 2.90 bits per heavy atom. The lowest BCUT2D eigenvalue weighted by atomic mass is 10.1. The first-order valence-corrected chi connectivity index (χ1v) is 7.51. The number of carbonyl (C=O) groups excluding carboxylic acids is 1. The summed E-state index contributed by atoms with van der Waals surface area (Å²) >= 11 is 0. The molecule has 1 aromatic carbocycles. The highest BCUT2D eigenvalue weighted by atomic mass is 16.5. The van der Waals surface area contributed by atoms with Gasteiger partial charge in [0.2, 0.25) is 0 Å². The topological polar surface area (TPSA) is 54.1 Å². The largest absolute Gasteiger partial charge is 0.376 e. The Bertz CT molecular complexity index is 679. The minimum atomic E-state index is -0.0812. The highest BCUT2D eigenvalue weighted by Gasteiger charge is 2.17. The zero-order chi connectivity index (χ0) is 14.2. The summed E-state index contributed by atoms with van der Waals surface area (Å²) in [5.41, 5.74) is 6.50. The molecule has 1 aliphatic carbocycles. The van der Waals surface area contributed by atoms with E-state index >= 15 is 0 Å². The molecule has 4 heteroatoms. The van der Waals surface area contributed by atoms with Gasteiger partial charge in [0.15, 0.2) is 0 Å². The fourth-order valence-electron chi connectivity index (χ4n) is 3.22. The third-order valence-corrected chi connectivity index (χ3v) is 4.35. The number of amides is 1. The lowest BCUT2D eigenvalue weighted by Crippen LogP contribution is -2.12. The molecule has 0 spiro atoms. The molecule has 4 rings (SSSR count). The van der Waals surface area contributed by atoms with E-state index in [2.05, 4.69) is 22.4 Å². The van der Waals surface area contributed by atoms with Gasteiger partial charge in [-0.1, -0.05) is 6.07 Å². The van der Waals surface area contributed by atoms with Crippen molar-refractivity contribution in [2.75, 3.05) is 11.9 Å². The van der Waals surface area contributed by atoms with E-state index in [1.807, 2.05) is 12.1 Å². The summed E-state index contributed by atoms with van der Waals surface area (Å²) in [6, 6.07) is 8.13. The van der Waals surface area contributed by atoms with Crippen molar-refractivity contribution in [1.82, 2.24) is 4.98 Å². The van der Waals surface area contributed by atoms with Crippen LogP contribution in [0.25, 0.3) is 0 Å². The molecule has 0 radical (unpaired) electrons. The van der Waals surface area contributed by atoms with Gasteiger partial charge in [0.05, 0.1) is 13.2 Å². The van der Waals surface area contributed by atoms with Gasteiger partial charge < -0.3 is 15.0 Å². The molecule has 1 aromatic heterocycles. The zero-order valence-corrected chi connectivity index (χ0v) is 11.9. The summed E-state index contributed by atoms with van der Waals surface area (Å²) in [5, 5.41) is 2.99. The van der Waals surface area contributed by atoms with Gasteiger partial charge in [-0.25, -0.2) is 0 Å². The van der Waals surface area contributed by atoms with Crippen LogP contribution in [0.1, 0.15) is 39.3 Å². The molecule has 2 aromatic rings. The van der Waals surface area contributed by atoms with E-state index < -0.39 is 0 Å². The number of hydrogen-bond acceptors (Lipinski definition) is 2. The maximum Gasteiger partial charge on any atom is 0.272 e. The van der Waals surface area contributed by atoms with Crippen molar-refractivity contribution in [3.8, 4) is 0 Å². The van der Waals surface area contributed by atoms with Crippen LogP contribution in [0.15, 0.2) is 24.3 Å². The van der Waals surface area contributed by atoms with Crippen molar-refractivity contribution >= 4 is 11.6 Å². The fraction of sp³-hybridized carbons (Fsp3) is 0.353. The number of benzene rings is 1. The number of H-pyrrole nitrogens is 1. The van der Waals surface area contributed by atoms with Gasteiger partial charge in [-0.3, -0.25) is 4.79 Å². The van der Waals surface area contributed by atoms with Gasteiger partial charge in [-0.05, 0) is 54.2 Å². The van der Waals surface area contributed by atoms with Crippen molar-refractivity contribution in [1.29, 1.82) is 0 Å². The zero-order valence-electron chi connectivity index (χ0n) is 11.9. The quantitative estimate of drug-likeness (QED) is 0.890. The molecular weight excluding hydrogens is 264 g/mol. The number of carbonyl (C=O) groups is 1. The third kappa shape index (κ3) is 2.36. The molecule has 0 bridgehead atoms. The van der Waals surface area contributed by atoms with E-state index in [1.165, 1.54) is 17.5 Å². The summed E-state index contributed by atoms with van der Waals surface area (Å²) in [6.45, 7) is 1.32. The second-order valence-corrected chi connectivity index (χ2v) is 5.78.